The standard InChI is InChI=1S/C25H27N3O6/c1-31-24(29)20-5-3-18(4-6-20)19-7-9-21(10-8-19)28-23(22(17-26-28)25(30)32-2)34-16-13-27-11-14-33-15-12-27/h3-10,17H,11-16H2,1-2H3. The molecule has 1 saturated heterocycles. The normalized spacial score (nSPS) is 13.9. The number of rotatable bonds is 8. The minimum absolute atomic E-state index is 0.270. The van der Waals surface area contributed by atoms with E-state index in [0.717, 1.165) is 36.4 Å². The van der Waals surface area contributed by atoms with Gasteiger partial charge in [-0.3, -0.25) is 4.90 Å². The van der Waals surface area contributed by atoms with Gasteiger partial charge in [-0.25, -0.2) is 14.3 Å². The maximum absolute atomic E-state index is 12.3. The third kappa shape index (κ3) is 5.27. The Balaban J connectivity index is 1.52. The number of carbonyl (C=O) groups excluding carboxylic acids is 2. The van der Waals surface area contributed by atoms with Crippen molar-refractivity contribution < 1.29 is 28.5 Å². The predicted octanol–water partition coefficient (Wildman–Crippen LogP) is 2.82. The van der Waals surface area contributed by atoms with Crippen LogP contribution in [-0.4, -0.2) is 80.3 Å². The molecule has 1 fully saturated rings. The summed E-state index contributed by atoms with van der Waals surface area (Å²) in [4.78, 5) is 26.2. The average molecular weight is 466 g/mol. The summed E-state index contributed by atoms with van der Waals surface area (Å²) in [6.07, 6.45) is 1.45. The molecular weight excluding hydrogens is 438 g/mol. The Morgan fingerprint density at radius 1 is 0.912 bits per heavy atom. The molecule has 9 nitrogen and oxygen atoms in total. The lowest BCUT2D eigenvalue weighted by Crippen LogP contribution is -2.38. The van der Waals surface area contributed by atoms with Crippen LogP contribution in [0.2, 0.25) is 0 Å². The van der Waals surface area contributed by atoms with Gasteiger partial charge in [-0.15, -0.1) is 0 Å². The van der Waals surface area contributed by atoms with E-state index in [1.54, 1.807) is 16.8 Å². The Kier molecular flexibility index (Phi) is 7.56. The van der Waals surface area contributed by atoms with Crippen molar-refractivity contribution in [3.63, 3.8) is 0 Å². The molecule has 0 unspecified atom stereocenters. The largest absolute Gasteiger partial charge is 0.476 e. The summed E-state index contributed by atoms with van der Waals surface area (Å²) < 4.78 is 22.6. The van der Waals surface area contributed by atoms with Crippen LogP contribution in [0.4, 0.5) is 0 Å². The van der Waals surface area contributed by atoms with Gasteiger partial charge < -0.3 is 18.9 Å². The highest BCUT2D eigenvalue weighted by Gasteiger charge is 2.21. The molecule has 34 heavy (non-hydrogen) atoms. The van der Waals surface area contributed by atoms with E-state index in [1.165, 1.54) is 20.4 Å². The molecule has 9 heteroatoms. The molecule has 0 bridgehead atoms. The molecule has 0 amide bonds. The number of esters is 2. The van der Waals surface area contributed by atoms with Crippen LogP contribution >= 0.6 is 0 Å². The topological polar surface area (TPSA) is 92.1 Å². The summed E-state index contributed by atoms with van der Waals surface area (Å²) in [5.74, 6) is -0.534. The van der Waals surface area contributed by atoms with Crippen molar-refractivity contribution in [1.29, 1.82) is 0 Å². The summed E-state index contributed by atoms with van der Waals surface area (Å²) in [5, 5.41) is 4.37. The Bertz CT molecular complexity index is 1120. The van der Waals surface area contributed by atoms with Crippen LogP contribution in [0.1, 0.15) is 20.7 Å². The van der Waals surface area contributed by atoms with Crippen LogP contribution in [0.3, 0.4) is 0 Å². The Morgan fingerprint density at radius 2 is 1.53 bits per heavy atom. The minimum Gasteiger partial charge on any atom is -0.476 e. The first-order chi connectivity index (χ1) is 16.6. The van der Waals surface area contributed by atoms with Crippen molar-refractivity contribution in [2.45, 2.75) is 0 Å². The highest BCUT2D eigenvalue weighted by Crippen LogP contribution is 2.26. The van der Waals surface area contributed by atoms with Crippen LogP contribution < -0.4 is 4.74 Å². The number of ether oxygens (including phenoxy) is 4. The van der Waals surface area contributed by atoms with E-state index < -0.39 is 5.97 Å². The fourth-order valence-corrected chi connectivity index (χ4v) is 3.72. The zero-order valence-electron chi connectivity index (χ0n) is 19.2. The summed E-state index contributed by atoms with van der Waals surface area (Å²) in [6, 6.07) is 14.9. The highest BCUT2D eigenvalue weighted by atomic mass is 16.5. The summed E-state index contributed by atoms with van der Waals surface area (Å²) in [5.41, 5.74) is 3.43. The van der Waals surface area contributed by atoms with Gasteiger partial charge >= 0.3 is 11.9 Å². The fourth-order valence-electron chi connectivity index (χ4n) is 3.72. The van der Waals surface area contributed by atoms with E-state index in [2.05, 4.69) is 10.00 Å². The van der Waals surface area contributed by atoms with Crippen LogP contribution in [0.5, 0.6) is 5.88 Å². The maximum Gasteiger partial charge on any atom is 0.345 e. The zero-order chi connectivity index (χ0) is 23.9. The lowest BCUT2D eigenvalue weighted by molar-refractivity contribution is 0.0317. The van der Waals surface area contributed by atoms with Crippen molar-refractivity contribution in [2.75, 3.05) is 53.7 Å². The van der Waals surface area contributed by atoms with Crippen LogP contribution in [-0.2, 0) is 14.2 Å². The molecule has 1 aliphatic heterocycles. The number of hydrogen-bond acceptors (Lipinski definition) is 8. The Hall–Kier alpha value is -3.69. The number of methoxy groups -OCH3 is 2. The third-order valence-electron chi connectivity index (χ3n) is 5.63. The van der Waals surface area contributed by atoms with Gasteiger partial charge in [0.1, 0.15) is 12.2 Å². The lowest BCUT2D eigenvalue weighted by Gasteiger charge is -2.26. The van der Waals surface area contributed by atoms with Crippen LogP contribution in [0.15, 0.2) is 54.7 Å². The first-order valence-corrected chi connectivity index (χ1v) is 11.0. The molecule has 1 aliphatic rings. The number of carbonyl (C=O) groups is 2. The van der Waals surface area contributed by atoms with Gasteiger partial charge in [0, 0.05) is 19.6 Å². The number of hydrogen-bond donors (Lipinski definition) is 0. The molecular formula is C25H27N3O6. The maximum atomic E-state index is 12.3. The second-order valence-electron chi connectivity index (χ2n) is 7.69. The smallest absolute Gasteiger partial charge is 0.345 e. The molecule has 178 valence electrons. The second-order valence-corrected chi connectivity index (χ2v) is 7.69. The summed E-state index contributed by atoms with van der Waals surface area (Å²) in [7, 11) is 2.69. The van der Waals surface area contributed by atoms with Gasteiger partial charge in [-0.05, 0) is 35.4 Å². The van der Waals surface area contributed by atoms with Gasteiger partial charge in [-0.1, -0.05) is 24.3 Å². The van der Waals surface area contributed by atoms with E-state index in [1.807, 2.05) is 36.4 Å². The van der Waals surface area contributed by atoms with Crippen LogP contribution in [0, 0.1) is 0 Å². The van der Waals surface area contributed by atoms with E-state index in [9.17, 15) is 9.59 Å². The fraction of sp³-hybridized carbons (Fsp3) is 0.320. The molecule has 0 saturated carbocycles. The van der Waals surface area contributed by atoms with Gasteiger partial charge in [0.25, 0.3) is 0 Å². The first-order valence-electron chi connectivity index (χ1n) is 11.0. The van der Waals surface area contributed by atoms with Crippen molar-refractivity contribution in [1.82, 2.24) is 14.7 Å². The Morgan fingerprint density at radius 3 is 2.15 bits per heavy atom. The first kappa shape index (κ1) is 23.5. The summed E-state index contributed by atoms with van der Waals surface area (Å²) >= 11 is 0. The number of morpholine rings is 1. The molecule has 3 aromatic rings. The molecule has 2 heterocycles. The van der Waals surface area contributed by atoms with E-state index in [4.69, 9.17) is 18.9 Å². The monoisotopic (exact) mass is 465 g/mol. The number of aromatic nitrogens is 2. The molecule has 2 aromatic carbocycles. The van der Waals surface area contributed by atoms with E-state index in [-0.39, 0.29) is 11.5 Å². The highest BCUT2D eigenvalue weighted by molar-refractivity contribution is 5.92. The SMILES string of the molecule is COC(=O)c1ccc(-c2ccc(-n3ncc(C(=O)OC)c3OCCN3CCOCC3)cc2)cc1. The molecule has 0 aliphatic carbocycles. The van der Waals surface area contributed by atoms with Crippen molar-refractivity contribution in [2.24, 2.45) is 0 Å². The van der Waals surface area contributed by atoms with Gasteiger partial charge in [0.15, 0.2) is 0 Å². The minimum atomic E-state index is -0.505. The third-order valence-corrected chi connectivity index (χ3v) is 5.63. The average Bonchev–Trinajstić information content (AvgIpc) is 3.32. The second kappa shape index (κ2) is 11.0. The molecule has 0 spiro atoms. The van der Waals surface area contributed by atoms with E-state index in [0.29, 0.717) is 31.3 Å². The quantitative estimate of drug-likeness (QED) is 0.469. The zero-order valence-corrected chi connectivity index (χ0v) is 19.2. The lowest BCUT2D eigenvalue weighted by atomic mass is 10.0. The molecule has 0 atom stereocenters. The van der Waals surface area contributed by atoms with Crippen LogP contribution in [0.25, 0.3) is 16.8 Å². The van der Waals surface area contributed by atoms with Crippen molar-refractivity contribution >= 4 is 11.9 Å². The number of nitrogens with zero attached hydrogens (tertiary/aromatic N) is 3. The molecule has 1 aromatic heterocycles. The van der Waals surface area contributed by atoms with Gasteiger partial charge in [-0.2, -0.15) is 5.10 Å². The predicted molar refractivity (Wildman–Crippen MR) is 124 cm³/mol. The van der Waals surface area contributed by atoms with E-state index >= 15 is 0 Å². The molecule has 0 N–H and O–H groups in total. The van der Waals surface area contributed by atoms with Gasteiger partial charge in [0.2, 0.25) is 5.88 Å². The van der Waals surface area contributed by atoms with Crippen molar-refractivity contribution in [3.05, 3.63) is 65.9 Å². The summed E-state index contributed by atoms with van der Waals surface area (Å²) in [6.45, 7) is 4.26. The molecule has 0 radical (unpaired) electrons. The van der Waals surface area contributed by atoms with Crippen molar-refractivity contribution in [3.8, 4) is 22.7 Å². The van der Waals surface area contributed by atoms with Gasteiger partial charge in [0.05, 0.1) is 44.9 Å². The number of benzene rings is 2. The molecule has 4 rings (SSSR count). The Labute approximate surface area is 197 Å².